The fourth-order valence-corrected chi connectivity index (χ4v) is 3.09. The highest BCUT2D eigenvalue weighted by molar-refractivity contribution is 6.32. The molecular weight excluding hydrogens is 395 g/mol. The highest BCUT2D eigenvalue weighted by Gasteiger charge is 2.11. The number of benzene rings is 2. The molecule has 0 spiro atoms. The third kappa shape index (κ3) is 5.03. The molecule has 0 bridgehead atoms. The van der Waals surface area contributed by atoms with E-state index in [0.717, 1.165) is 11.1 Å². The summed E-state index contributed by atoms with van der Waals surface area (Å²) in [6.45, 7) is 1.97. The molecule has 0 fully saturated rings. The Morgan fingerprint density at radius 2 is 2.00 bits per heavy atom. The van der Waals surface area contributed by atoms with Crippen molar-refractivity contribution in [2.24, 2.45) is 7.05 Å². The number of allylic oxidation sites excluding steroid dienone is 1. The standard InChI is InChI=1S/C22H20ClFN2O3/c1-14-18(12-26(2)25-14)20(27)7-4-15-5-8-21(28-3)16(10-15)13-29-22-9-6-17(24)11-19(22)23/h4-12H,13H2,1-3H3/b7-4+. The maximum absolute atomic E-state index is 13.2. The van der Waals surface area contributed by atoms with Gasteiger partial charge in [0.1, 0.15) is 23.9 Å². The molecule has 0 saturated carbocycles. The Bertz CT molecular complexity index is 1080. The van der Waals surface area contributed by atoms with Crippen LogP contribution in [0.25, 0.3) is 6.08 Å². The van der Waals surface area contributed by atoms with Crippen LogP contribution in [0.4, 0.5) is 4.39 Å². The summed E-state index contributed by atoms with van der Waals surface area (Å²) < 4.78 is 25.9. The van der Waals surface area contributed by atoms with E-state index in [4.69, 9.17) is 21.1 Å². The van der Waals surface area contributed by atoms with Crippen LogP contribution in [0, 0.1) is 12.7 Å². The van der Waals surface area contributed by atoms with Gasteiger partial charge in [-0.15, -0.1) is 0 Å². The minimum Gasteiger partial charge on any atom is -0.496 e. The molecule has 0 aliphatic heterocycles. The van der Waals surface area contributed by atoms with Gasteiger partial charge in [0, 0.05) is 18.8 Å². The zero-order valence-electron chi connectivity index (χ0n) is 16.3. The van der Waals surface area contributed by atoms with Crippen LogP contribution in [0.2, 0.25) is 5.02 Å². The Kier molecular flexibility index (Phi) is 6.34. The van der Waals surface area contributed by atoms with Crippen LogP contribution < -0.4 is 9.47 Å². The fourth-order valence-electron chi connectivity index (χ4n) is 2.87. The largest absolute Gasteiger partial charge is 0.496 e. The summed E-state index contributed by atoms with van der Waals surface area (Å²) in [5.74, 6) is 0.455. The number of ketones is 1. The molecule has 0 amide bonds. The molecule has 0 radical (unpaired) electrons. The number of aryl methyl sites for hydroxylation is 2. The third-order valence-corrected chi connectivity index (χ3v) is 4.58. The number of halogens is 2. The molecule has 0 unspecified atom stereocenters. The van der Waals surface area contributed by atoms with E-state index in [9.17, 15) is 9.18 Å². The zero-order valence-corrected chi connectivity index (χ0v) is 17.0. The number of carbonyl (C=O) groups is 1. The van der Waals surface area contributed by atoms with E-state index in [1.54, 1.807) is 44.1 Å². The first-order valence-corrected chi connectivity index (χ1v) is 9.22. The topological polar surface area (TPSA) is 53.4 Å². The lowest BCUT2D eigenvalue weighted by Gasteiger charge is -2.12. The first-order chi connectivity index (χ1) is 13.9. The Balaban J connectivity index is 1.77. The van der Waals surface area contributed by atoms with Crippen LogP contribution in [-0.4, -0.2) is 22.7 Å². The number of rotatable bonds is 7. The summed E-state index contributed by atoms with van der Waals surface area (Å²) >= 11 is 6.01. The van der Waals surface area contributed by atoms with Crippen LogP contribution in [0.1, 0.15) is 27.2 Å². The first kappa shape index (κ1) is 20.6. The molecular formula is C22H20ClFN2O3. The SMILES string of the molecule is COc1ccc(/C=C/C(=O)c2cn(C)nc2C)cc1COc1ccc(F)cc1Cl. The second-order valence-electron chi connectivity index (χ2n) is 6.43. The Morgan fingerprint density at radius 3 is 2.66 bits per heavy atom. The monoisotopic (exact) mass is 414 g/mol. The maximum atomic E-state index is 13.2. The highest BCUT2D eigenvalue weighted by atomic mass is 35.5. The molecule has 5 nitrogen and oxygen atoms in total. The van der Waals surface area contributed by atoms with Gasteiger partial charge < -0.3 is 9.47 Å². The molecule has 1 heterocycles. The van der Waals surface area contributed by atoms with Gasteiger partial charge in [-0.2, -0.15) is 5.10 Å². The Hall–Kier alpha value is -3.12. The number of ether oxygens (including phenoxy) is 2. The lowest BCUT2D eigenvalue weighted by Crippen LogP contribution is -2.00. The lowest BCUT2D eigenvalue weighted by atomic mass is 10.1. The van der Waals surface area contributed by atoms with Gasteiger partial charge in [-0.25, -0.2) is 4.39 Å². The summed E-state index contributed by atoms with van der Waals surface area (Å²) in [6, 6.07) is 9.44. The van der Waals surface area contributed by atoms with Crippen LogP contribution in [-0.2, 0) is 13.7 Å². The Morgan fingerprint density at radius 1 is 1.24 bits per heavy atom. The van der Waals surface area contributed by atoms with E-state index in [0.29, 0.717) is 22.8 Å². The van der Waals surface area contributed by atoms with Gasteiger partial charge in [-0.05, 0) is 48.9 Å². The lowest BCUT2D eigenvalue weighted by molar-refractivity contribution is 0.104. The smallest absolute Gasteiger partial charge is 0.189 e. The number of hydrogen-bond acceptors (Lipinski definition) is 4. The zero-order chi connectivity index (χ0) is 21.0. The van der Waals surface area contributed by atoms with E-state index in [1.165, 1.54) is 24.3 Å². The normalized spacial score (nSPS) is 11.1. The third-order valence-electron chi connectivity index (χ3n) is 4.29. The van der Waals surface area contributed by atoms with Crippen molar-refractivity contribution in [1.29, 1.82) is 0 Å². The average Bonchev–Trinajstić information content (AvgIpc) is 3.03. The molecule has 1 aromatic heterocycles. The van der Waals surface area contributed by atoms with Gasteiger partial charge in [0.05, 0.1) is 23.4 Å². The van der Waals surface area contributed by atoms with Gasteiger partial charge >= 0.3 is 0 Å². The summed E-state index contributed by atoms with van der Waals surface area (Å²) in [7, 11) is 3.34. The van der Waals surface area contributed by atoms with Gasteiger partial charge in [0.2, 0.25) is 0 Å². The van der Waals surface area contributed by atoms with Gasteiger partial charge in [-0.1, -0.05) is 23.7 Å². The van der Waals surface area contributed by atoms with Gasteiger partial charge in [0.25, 0.3) is 0 Å². The molecule has 150 valence electrons. The van der Waals surface area contributed by atoms with Crippen LogP contribution >= 0.6 is 11.6 Å². The molecule has 2 aromatic carbocycles. The predicted molar refractivity (Wildman–Crippen MR) is 110 cm³/mol. The van der Waals surface area contributed by atoms with E-state index >= 15 is 0 Å². The number of carbonyl (C=O) groups excluding carboxylic acids is 1. The Labute approximate surface area is 173 Å². The molecule has 0 atom stereocenters. The summed E-state index contributed by atoms with van der Waals surface area (Å²) in [5.41, 5.74) is 2.82. The quantitative estimate of drug-likeness (QED) is 0.403. The molecule has 0 aliphatic rings. The van der Waals surface area contributed by atoms with E-state index in [1.807, 2.05) is 12.1 Å². The molecule has 0 aliphatic carbocycles. The van der Waals surface area contributed by atoms with Crippen molar-refractivity contribution in [1.82, 2.24) is 9.78 Å². The maximum Gasteiger partial charge on any atom is 0.189 e. The number of hydrogen-bond donors (Lipinski definition) is 0. The molecule has 3 aromatic rings. The molecule has 0 saturated heterocycles. The number of aromatic nitrogens is 2. The van der Waals surface area contributed by atoms with Gasteiger partial charge in [-0.3, -0.25) is 9.48 Å². The van der Waals surface area contributed by atoms with Crippen molar-refractivity contribution < 1.29 is 18.7 Å². The number of methoxy groups -OCH3 is 1. The van der Waals surface area contributed by atoms with Crippen molar-refractivity contribution in [3.8, 4) is 11.5 Å². The second kappa shape index (κ2) is 8.92. The fraction of sp³-hybridized carbons (Fsp3) is 0.182. The highest BCUT2D eigenvalue weighted by Crippen LogP contribution is 2.28. The molecule has 7 heteroatoms. The van der Waals surface area contributed by atoms with Crippen LogP contribution in [0.3, 0.4) is 0 Å². The molecule has 29 heavy (non-hydrogen) atoms. The minimum atomic E-state index is -0.430. The average molecular weight is 415 g/mol. The van der Waals surface area contributed by atoms with E-state index in [2.05, 4.69) is 5.10 Å². The minimum absolute atomic E-state index is 0.123. The van der Waals surface area contributed by atoms with Crippen LogP contribution in [0.5, 0.6) is 11.5 Å². The first-order valence-electron chi connectivity index (χ1n) is 8.85. The molecule has 0 N–H and O–H groups in total. The van der Waals surface area contributed by atoms with Crippen molar-refractivity contribution >= 4 is 23.5 Å². The summed E-state index contributed by atoms with van der Waals surface area (Å²) in [4.78, 5) is 12.4. The van der Waals surface area contributed by atoms with Gasteiger partial charge in [0.15, 0.2) is 5.78 Å². The predicted octanol–water partition coefficient (Wildman–Crippen LogP) is 5.00. The number of nitrogens with zero attached hydrogens (tertiary/aromatic N) is 2. The van der Waals surface area contributed by atoms with Crippen LogP contribution in [0.15, 0.2) is 48.7 Å². The van der Waals surface area contributed by atoms with Crippen molar-refractivity contribution in [3.63, 3.8) is 0 Å². The van der Waals surface area contributed by atoms with E-state index in [-0.39, 0.29) is 17.4 Å². The van der Waals surface area contributed by atoms with Crippen molar-refractivity contribution in [2.45, 2.75) is 13.5 Å². The van der Waals surface area contributed by atoms with Crippen molar-refractivity contribution in [3.05, 3.63) is 81.9 Å². The summed E-state index contributed by atoms with van der Waals surface area (Å²) in [6.07, 6.45) is 4.93. The van der Waals surface area contributed by atoms with Crippen molar-refractivity contribution in [2.75, 3.05) is 7.11 Å². The molecule has 3 rings (SSSR count). The van der Waals surface area contributed by atoms with E-state index < -0.39 is 5.82 Å². The summed E-state index contributed by atoms with van der Waals surface area (Å²) in [5, 5.41) is 4.38. The second-order valence-corrected chi connectivity index (χ2v) is 6.84.